The number of hydrogen-bond donors (Lipinski definition) is 2. The number of H-pyrrole nitrogens is 1. The van der Waals surface area contributed by atoms with Crippen LogP contribution in [0.1, 0.15) is 32.1 Å². The first-order valence-corrected chi connectivity index (χ1v) is 5.71. The normalized spacial score (nSPS) is 13.1. The summed E-state index contributed by atoms with van der Waals surface area (Å²) in [7, 11) is 0. The molecule has 1 heterocycles. The average molecular weight is 226 g/mol. The second-order valence-corrected chi connectivity index (χ2v) is 3.87. The lowest BCUT2D eigenvalue weighted by atomic mass is 10.2. The van der Waals surface area contributed by atoms with Crippen molar-refractivity contribution in [2.75, 3.05) is 13.1 Å². The zero-order valence-corrected chi connectivity index (χ0v) is 10.0. The minimum atomic E-state index is -0.597. The Bertz CT molecular complexity index is 350. The van der Waals surface area contributed by atoms with E-state index < -0.39 is 6.23 Å². The van der Waals surface area contributed by atoms with Crippen molar-refractivity contribution in [2.45, 2.75) is 26.5 Å². The Kier molecular flexibility index (Phi) is 4.94. The van der Waals surface area contributed by atoms with Crippen molar-refractivity contribution in [2.24, 2.45) is 0 Å². The van der Waals surface area contributed by atoms with E-state index in [-0.39, 0.29) is 0 Å². The SMILES string of the molecule is CCCN(CC)C(O)c1ccc[nH]c1=S. The number of aliphatic hydroxyl groups excluding tert-OH is 1. The minimum absolute atomic E-state index is 0.597. The molecular weight excluding hydrogens is 208 g/mol. The summed E-state index contributed by atoms with van der Waals surface area (Å²) >= 11 is 5.14. The van der Waals surface area contributed by atoms with Gasteiger partial charge in [-0.3, -0.25) is 4.90 Å². The van der Waals surface area contributed by atoms with Gasteiger partial charge in [-0.1, -0.05) is 32.1 Å². The van der Waals surface area contributed by atoms with E-state index in [1.807, 2.05) is 24.0 Å². The molecule has 1 unspecified atom stereocenters. The van der Waals surface area contributed by atoms with E-state index in [0.717, 1.165) is 25.1 Å². The first-order valence-electron chi connectivity index (χ1n) is 5.30. The molecule has 0 aliphatic carbocycles. The third-order valence-electron chi connectivity index (χ3n) is 2.39. The third kappa shape index (κ3) is 3.12. The summed E-state index contributed by atoms with van der Waals surface area (Å²) in [6.07, 6.45) is 2.20. The average Bonchev–Trinajstić information content (AvgIpc) is 2.25. The molecule has 0 radical (unpaired) electrons. The number of aliphatic hydroxyl groups is 1. The molecule has 0 amide bonds. The summed E-state index contributed by atoms with van der Waals surface area (Å²) in [6.45, 7) is 5.83. The molecular formula is C11H18N2OS. The fourth-order valence-electron chi connectivity index (χ4n) is 1.58. The molecule has 0 aromatic carbocycles. The topological polar surface area (TPSA) is 39.3 Å². The molecule has 0 spiro atoms. The van der Waals surface area contributed by atoms with Crippen LogP contribution in [-0.4, -0.2) is 28.1 Å². The number of aromatic nitrogens is 1. The van der Waals surface area contributed by atoms with Gasteiger partial charge in [0.25, 0.3) is 0 Å². The summed E-state index contributed by atoms with van der Waals surface area (Å²) in [5.74, 6) is 0. The van der Waals surface area contributed by atoms with Crippen molar-refractivity contribution in [1.82, 2.24) is 9.88 Å². The zero-order chi connectivity index (χ0) is 11.3. The van der Waals surface area contributed by atoms with E-state index in [2.05, 4.69) is 11.9 Å². The Balaban J connectivity index is 2.87. The molecule has 84 valence electrons. The van der Waals surface area contributed by atoms with Crippen LogP contribution < -0.4 is 0 Å². The van der Waals surface area contributed by atoms with Gasteiger partial charge in [-0.2, -0.15) is 0 Å². The van der Waals surface area contributed by atoms with E-state index in [4.69, 9.17) is 12.2 Å². The van der Waals surface area contributed by atoms with Crippen molar-refractivity contribution in [3.05, 3.63) is 28.5 Å². The van der Waals surface area contributed by atoms with Gasteiger partial charge >= 0.3 is 0 Å². The van der Waals surface area contributed by atoms with E-state index in [1.54, 1.807) is 6.20 Å². The lowest BCUT2D eigenvalue weighted by Gasteiger charge is -2.26. The van der Waals surface area contributed by atoms with Gasteiger partial charge in [0.2, 0.25) is 0 Å². The summed E-state index contributed by atoms with van der Waals surface area (Å²) < 4.78 is 0.611. The van der Waals surface area contributed by atoms with Crippen LogP contribution >= 0.6 is 12.2 Å². The van der Waals surface area contributed by atoms with Gasteiger partial charge in [-0.15, -0.1) is 0 Å². The Hall–Kier alpha value is -0.710. The molecule has 15 heavy (non-hydrogen) atoms. The monoisotopic (exact) mass is 226 g/mol. The Morgan fingerprint density at radius 1 is 1.53 bits per heavy atom. The predicted molar refractivity (Wildman–Crippen MR) is 64.1 cm³/mol. The molecule has 1 rings (SSSR count). The van der Waals surface area contributed by atoms with Crippen LogP contribution in [0.5, 0.6) is 0 Å². The number of aromatic amines is 1. The number of nitrogens with one attached hydrogen (secondary N) is 1. The van der Waals surface area contributed by atoms with E-state index in [9.17, 15) is 5.11 Å². The summed E-state index contributed by atoms with van der Waals surface area (Å²) in [6, 6.07) is 3.72. The van der Waals surface area contributed by atoms with Crippen LogP contribution in [0.4, 0.5) is 0 Å². The van der Waals surface area contributed by atoms with Crippen LogP contribution in [-0.2, 0) is 0 Å². The zero-order valence-electron chi connectivity index (χ0n) is 9.23. The van der Waals surface area contributed by atoms with Crippen LogP contribution in [0.2, 0.25) is 0 Å². The molecule has 3 nitrogen and oxygen atoms in total. The van der Waals surface area contributed by atoms with Crippen LogP contribution in [0.25, 0.3) is 0 Å². The van der Waals surface area contributed by atoms with Crippen molar-refractivity contribution >= 4 is 12.2 Å². The third-order valence-corrected chi connectivity index (χ3v) is 2.74. The smallest absolute Gasteiger partial charge is 0.136 e. The van der Waals surface area contributed by atoms with Crippen molar-refractivity contribution in [1.29, 1.82) is 0 Å². The lowest BCUT2D eigenvalue weighted by Crippen LogP contribution is -2.29. The second-order valence-electron chi connectivity index (χ2n) is 3.46. The molecule has 0 saturated carbocycles. The summed E-state index contributed by atoms with van der Waals surface area (Å²) in [5, 5.41) is 10.1. The molecule has 0 bridgehead atoms. The maximum absolute atomic E-state index is 10.1. The Morgan fingerprint density at radius 3 is 2.80 bits per heavy atom. The lowest BCUT2D eigenvalue weighted by molar-refractivity contribution is 0.00475. The highest BCUT2D eigenvalue weighted by atomic mass is 32.1. The molecule has 2 N–H and O–H groups in total. The van der Waals surface area contributed by atoms with Gasteiger partial charge in [-0.05, 0) is 19.0 Å². The Morgan fingerprint density at radius 2 is 2.27 bits per heavy atom. The Labute approximate surface area is 95.8 Å². The fourth-order valence-corrected chi connectivity index (χ4v) is 1.82. The quantitative estimate of drug-likeness (QED) is 0.598. The minimum Gasteiger partial charge on any atom is -0.374 e. The van der Waals surface area contributed by atoms with Crippen LogP contribution in [0.15, 0.2) is 18.3 Å². The summed E-state index contributed by atoms with van der Waals surface area (Å²) in [5.41, 5.74) is 0.780. The highest BCUT2D eigenvalue weighted by molar-refractivity contribution is 7.71. The van der Waals surface area contributed by atoms with Crippen molar-refractivity contribution in [3.63, 3.8) is 0 Å². The van der Waals surface area contributed by atoms with Gasteiger partial charge < -0.3 is 10.1 Å². The first kappa shape index (κ1) is 12.4. The largest absolute Gasteiger partial charge is 0.374 e. The van der Waals surface area contributed by atoms with Gasteiger partial charge in [0.05, 0.1) is 0 Å². The van der Waals surface area contributed by atoms with E-state index >= 15 is 0 Å². The maximum atomic E-state index is 10.1. The maximum Gasteiger partial charge on any atom is 0.136 e. The number of pyridine rings is 1. The molecule has 0 saturated heterocycles. The van der Waals surface area contributed by atoms with Crippen molar-refractivity contribution < 1.29 is 5.11 Å². The highest BCUT2D eigenvalue weighted by Gasteiger charge is 2.15. The highest BCUT2D eigenvalue weighted by Crippen LogP contribution is 2.17. The van der Waals surface area contributed by atoms with Gasteiger partial charge in [-0.25, -0.2) is 0 Å². The molecule has 1 aromatic rings. The fraction of sp³-hybridized carbons (Fsp3) is 0.545. The van der Waals surface area contributed by atoms with Crippen molar-refractivity contribution in [3.8, 4) is 0 Å². The number of nitrogens with zero attached hydrogens (tertiary/aromatic N) is 1. The van der Waals surface area contributed by atoms with Crippen LogP contribution in [0.3, 0.4) is 0 Å². The standard InChI is InChI=1S/C11H18N2OS/c1-3-8-13(4-2)11(14)9-6-5-7-12-10(9)15/h5-7,11,14H,3-4,8H2,1-2H3,(H,12,15). The van der Waals surface area contributed by atoms with Gasteiger partial charge in [0, 0.05) is 18.3 Å². The molecule has 0 aliphatic rings. The van der Waals surface area contributed by atoms with E-state index in [0.29, 0.717) is 4.64 Å². The molecule has 0 aliphatic heterocycles. The predicted octanol–water partition coefficient (Wildman–Crippen LogP) is 2.47. The first-order chi connectivity index (χ1) is 7.20. The number of rotatable bonds is 5. The second kappa shape index (κ2) is 6.00. The van der Waals surface area contributed by atoms with E-state index in [1.165, 1.54) is 0 Å². The molecule has 0 fully saturated rings. The molecule has 1 atom stereocenters. The van der Waals surface area contributed by atoms with Crippen LogP contribution in [0, 0.1) is 4.64 Å². The molecule has 4 heteroatoms. The molecule has 1 aromatic heterocycles. The van der Waals surface area contributed by atoms with Gasteiger partial charge in [0.1, 0.15) is 10.9 Å². The van der Waals surface area contributed by atoms with Gasteiger partial charge in [0.15, 0.2) is 0 Å². The summed E-state index contributed by atoms with van der Waals surface area (Å²) in [4.78, 5) is 4.93. The number of hydrogen-bond acceptors (Lipinski definition) is 3.